The Bertz CT molecular complexity index is 1080. The number of rotatable bonds is 7. The van der Waals surface area contributed by atoms with Crippen molar-refractivity contribution in [3.05, 3.63) is 59.2 Å². The Kier molecular flexibility index (Phi) is 6.97. The number of ether oxygens (including phenoxy) is 1. The van der Waals surface area contributed by atoms with Crippen molar-refractivity contribution in [3.63, 3.8) is 0 Å². The summed E-state index contributed by atoms with van der Waals surface area (Å²) in [5.41, 5.74) is 7.38. The van der Waals surface area contributed by atoms with Crippen LogP contribution in [0, 0.1) is 12.8 Å². The molecule has 1 heterocycles. The number of hydrogen-bond donors (Lipinski definition) is 2. The molecule has 0 saturated carbocycles. The highest BCUT2D eigenvalue weighted by molar-refractivity contribution is 7.92. The smallest absolute Gasteiger partial charge is 0.337 e. The van der Waals surface area contributed by atoms with Gasteiger partial charge in [-0.15, -0.1) is 0 Å². The number of carbonyl (C=O) groups is 2. The summed E-state index contributed by atoms with van der Waals surface area (Å²) in [5.74, 6) is -1.10. The van der Waals surface area contributed by atoms with Crippen molar-refractivity contribution in [2.45, 2.75) is 31.2 Å². The number of sulfonamides is 1. The highest BCUT2D eigenvalue weighted by atomic mass is 32.2. The lowest BCUT2D eigenvalue weighted by molar-refractivity contribution is -0.123. The van der Waals surface area contributed by atoms with Gasteiger partial charge in [0.15, 0.2) is 0 Å². The molecule has 2 aromatic carbocycles. The molecule has 0 unspecified atom stereocenters. The molecule has 1 amide bonds. The first kappa shape index (κ1) is 22.8. The summed E-state index contributed by atoms with van der Waals surface area (Å²) in [6, 6.07) is 11.6. The Balaban J connectivity index is 1.85. The van der Waals surface area contributed by atoms with Gasteiger partial charge in [-0.3, -0.25) is 14.4 Å². The van der Waals surface area contributed by atoms with Crippen molar-refractivity contribution in [3.8, 4) is 0 Å². The Morgan fingerprint density at radius 2 is 1.97 bits per heavy atom. The molecule has 0 spiro atoms. The highest BCUT2D eigenvalue weighted by Crippen LogP contribution is 2.26. The molecule has 1 aliphatic rings. The lowest BCUT2D eigenvalue weighted by atomic mass is 9.97. The molecule has 0 aliphatic carbocycles. The van der Waals surface area contributed by atoms with Crippen LogP contribution in [0.1, 0.15) is 34.3 Å². The van der Waals surface area contributed by atoms with E-state index >= 15 is 0 Å². The van der Waals surface area contributed by atoms with Gasteiger partial charge in [0.1, 0.15) is 0 Å². The van der Waals surface area contributed by atoms with Crippen LogP contribution < -0.4 is 10.5 Å². The van der Waals surface area contributed by atoms with Crippen molar-refractivity contribution < 1.29 is 22.7 Å². The van der Waals surface area contributed by atoms with E-state index in [1.54, 1.807) is 25.1 Å². The summed E-state index contributed by atoms with van der Waals surface area (Å²) in [6.07, 6.45) is 1.64. The molecular formula is C22H27N3O5S. The van der Waals surface area contributed by atoms with Gasteiger partial charge in [0.2, 0.25) is 5.91 Å². The van der Waals surface area contributed by atoms with Gasteiger partial charge < -0.3 is 10.5 Å². The molecule has 0 bridgehead atoms. The van der Waals surface area contributed by atoms with Gasteiger partial charge in [-0.05, 0) is 55.6 Å². The fourth-order valence-electron chi connectivity index (χ4n) is 3.76. The minimum absolute atomic E-state index is 0.0111. The van der Waals surface area contributed by atoms with Crippen LogP contribution >= 0.6 is 0 Å². The molecule has 9 heteroatoms. The van der Waals surface area contributed by atoms with E-state index in [9.17, 15) is 18.0 Å². The number of benzene rings is 2. The summed E-state index contributed by atoms with van der Waals surface area (Å²) in [7, 11) is -2.70. The third-order valence-corrected chi connectivity index (χ3v) is 6.97. The maximum absolute atomic E-state index is 13.1. The van der Waals surface area contributed by atoms with Crippen LogP contribution in [0.4, 0.5) is 5.69 Å². The van der Waals surface area contributed by atoms with Crippen molar-refractivity contribution in [2.75, 3.05) is 24.9 Å². The van der Waals surface area contributed by atoms with Crippen LogP contribution in [0.3, 0.4) is 0 Å². The summed E-state index contributed by atoms with van der Waals surface area (Å²) in [6.45, 7) is 3.52. The molecule has 166 valence electrons. The average molecular weight is 446 g/mol. The number of nitrogens with one attached hydrogen (secondary N) is 1. The highest BCUT2D eigenvalue weighted by Gasteiger charge is 2.25. The topological polar surface area (TPSA) is 119 Å². The van der Waals surface area contributed by atoms with Gasteiger partial charge in [0, 0.05) is 13.1 Å². The molecule has 3 N–H and O–H groups in total. The molecule has 0 aromatic heterocycles. The monoisotopic (exact) mass is 445 g/mol. The van der Waals surface area contributed by atoms with Gasteiger partial charge in [-0.1, -0.05) is 24.3 Å². The SMILES string of the molecule is COC(=O)c1ccc(C)c(S(=O)(=O)Nc2ccccc2CN2CCC[C@H](C(N)=O)C2)c1. The summed E-state index contributed by atoms with van der Waals surface area (Å²) in [4.78, 5) is 25.5. The van der Waals surface area contributed by atoms with E-state index in [0.29, 0.717) is 24.3 Å². The van der Waals surface area contributed by atoms with Gasteiger partial charge >= 0.3 is 5.97 Å². The molecule has 1 saturated heterocycles. The Hall–Kier alpha value is -2.91. The first-order valence-electron chi connectivity index (χ1n) is 10.0. The zero-order valence-electron chi connectivity index (χ0n) is 17.6. The summed E-state index contributed by atoms with van der Waals surface area (Å²) in [5, 5.41) is 0. The van der Waals surface area contributed by atoms with E-state index in [2.05, 4.69) is 9.62 Å². The second-order valence-electron chi connectivity index (χ2n) is 7.71. The Labute approximate surface area is 182 Å². The molecule has 2 aromatic rings. The maximum Gasteiger partial charge on any atom is 0.337 e. The number of hydrogen-bond acceptors (Lipinski definition) is 6. The third kappa shape index (κ3) is 5.42. The normalized spacial score (nSPS) is 17.2. The molecule has 1 fully saturated rings. The number of piperidine rings is 1. The van der Waals surface area contributed by atoms with E-state index in [-0.39, 0.29) is 22.3 Å². The largest absolute Gasteiger partial charge is 0.465 e. The molecule has 8 nitrogen and oxygen atoms in total. The van der Waals surface area contributed by atoms with Crippen LogP contribution in [-0.4, -0.2) is 45.4 Å². The number of anilines is 1. The predicted molar refractivity (Wildman–Crippen MR) is 117 cm³/mol. The second kappa shape index (κ2) is 9.49. The van der Waals surface area contributed by atoms with E-state index in [1.807, 2.05) is 12.1 Å². The zero-order chi connectivity index (χ0) is 22.6. The van der Waals surface area contributed by atoms with E-state index in [4.69, 9.17) is 10.5 Å². The van der Waals surface area contributed by atoms with E-state index in [0.717, 1.165) is 24.9 Å². The third-order valence-electron chi connectivity index (χ3n) is 5.46. The van der Waals surface area contributed by atoms with Gasteiger partial charge in [0.25, 0.3) is 10.0 Å². The average Bonchev–Trinajstić information content (AvgIpc) is 2.74. The molecular weight excluding hydrogens is 418 g/mol. The number of para-hydroxylation sites is 1. The van der Waals surface area contributed by atoms with Crippen molar-refractivity contribution in [1.29, 1.82) is 0 Å². The molecule has 3 rings (SSSR count). The molecule has 31 heavy (non-hydrogen) atoms. The van der Waals surface area contributed by atoms with Gasteiger partial charge in [-0.2, -0.15) is 0 Å². The number of nitrogens with two attached hydrogens (primary N) is 1. The zero-order valence-corrected chi connectivity index (χ0v) is 18.4. The number of aryl methyl sites for hydroxylation is 1. The van der Waals surface area contributed by atoms with Crippen LogP contribution in [-0.2, 0) is 26.1 Å². The lowest BCUT2D eigenvalue weighted by Gasteiger charge is -2.31. The summed E-state index contributed by atoms with van der Waals surface area (Å²) >= 11 is 0. The number of nitrogens with zero attached hydrogens (tertiary/aromatic N) is 1. The fraction of sp³-hybridized carbons (Fsp3) is 0.364. The fourth-order valence-corrected chi connectivity index (χ4v) is 5.14. The van der Waals surface area contributed by atoms with E-state index in [1.165, 1.54) is 19.2 Å². The Morgan fingerprint density at radius 1 is 1.23 bits per heavy atom. The Morgan fingerprint density at radius 3 is 2.68 bits per heavy atom. The maximum atomic E-state index is 13.1. The number of methoxy groups -OCH3 is 1. The lowest BCUT2D eigenvalue weighted by Crippen LogP contribution is -2.40. The van der Waals surface area contributed by atoms with Gasteiger partial charge in [0.05, 0.1) is 29.2 Å². The summed E-state index contributed by atoms with van der Waals surface area (Å²) < 4.78 is 33.6. The van der Waals surface area contributed by atoms with Crippen molar-refractivity contribution >= 4 is 27.6 Å². The van der Waals surface area contributed by atoms with Gasteiger partial charge in [-0.25, -0.2) is 13.2 Å². The number of carbonyl (C=O) groups excluding carboxylic acids is 2. The second-order valence-corrected chi connectivity index (χ2v) is 9.36. The van der Waals surface area contributed by atoms with E-state index < -0.39 is 16.0 Å². The van der Waals surface area contributed by atoms with Crippen molar-refractivity contribution in [2.24, 2.45) is 11.7 Å². The predicted octanol–water partition coefficient (Wildman–Crippen LogP) is 2.28. The van der Waals surface area contributed by atoms with Crippen LogP contribution in [0.25, 0.3) is 0 Å². The first-order chi connectivity index (χ1) is 14.7. The quantitative estimate of drug-likeness (QED) is 0.631. The van der Waals surface area contributed by atoms with Crippen LogP contribution in [0.5, 0.6) is 0 Å². The molecule has 1 aliphatic heterocycles. The molecule has 0 radical (unpaired) electrons. The molecule has 1 atom stereocenters. The number of likely N-dealkylation sites (tertiary alicyclic amines) is 1. The minimum Gasteiger partial charge on any atom is -0.465 e. The number of primary amides is 1. The van der Waals surface area contributed by atoms with Crippen LogP contribution in [0.2, 0.25) is 0 Å². The number of amides is 1. The van der Waals surface area contributed by atoms with Crippen molar-refractivity contribution in [1.82, 2.24) is 4.90 Å². The minimum atomic E-state index is -3.95. The van der Waals surface area contributed by atoms with Crippen LogP contribution in [0.15, 0.2) is 47.4 Å². The first-order valence-corrected chi connectivity index (χ1v) is 11.5. The number of esters is 1. The standard InChI is InChI=1S/C22H27N3O5S/c1-15-9-10-16(22(27)30-2)12-20(15)31(28,29)24-19-8-4-3-6-17(19)13-25-11-5-7-18(14-25)21(23)26/h3-4,6,8-10,12,18,24H,5,7,11,13-14H2,1-2H3,(H2,23,26)/t18-/m0/s1.